The van der Waals surface area contributed by atoms with Crippen LogP contribution in [0, 0.1) is 12.3 Å². The van der Waals surface area contributed by atoms with Crippen LogP contribution in [0.4, 0.5) is 0 Å². The van der Waals surface area contributed by atoms with Gasteiger partial charge in [0.2, 0.25) is 0 Å². The summed E-state index contributed by atoms with van der Waals surface area (Å²) >= 11 is 0. The van der Waals surface area contributed by atoms with Crippen LogP contribution in [0.3, 0.4) is 0 Å². The lowest BCUT2D eigenvalue weighted by atomic mass is 10.1. The van der Waals surface area contributed by atoms with Gasteiger partial charge in [-0.1, -0.05) is 36.3 Å². The minimum atomic E-state index is 0.142. The molecule has 0 aliphatic rings. The minimum absolute atomic E-state index is 0.142. The lowest BCUT2D eigenvalue weighted by Crippen LogP contribution is -1.93. The van der Waals surface area contributed by atoms with Gasteiger partial charge in [0.05, 0.1) is 0 Å². The van der Waals surface area contributed by atoms with E-state index in [4.69, 9.17) is 11.2 Å². The number of terminal acetylenes is 1. The van der Waals surface area contributed by atoms with Gasteiger partial charge in [0.1, 0.15) is 6.61 Å². The summed E-state index contributed by atoms with van der Waals surface area (Å²) in [5.41, 5.74) is 0. The predicted molar refractivity (Wildman–Crippen MR) is 59.9 cm³/mol. The fraction of sp³-hybridized carbons (Fsp3) is 0.0769. The zero-order valence-corrected chi connectivity index (χ0v) is 8.10. The zero-order chi connectivity index (χ0) is 10.7. The van der Waals surface area contributed by atoms with Gasteiger partial charge in [-0.3, -0.25) is 0 Å². The third kappa shape index (κ3) is 1.72. The van der Waals surface area contributed by atoms with Crippen molar-refractivity contribution in [2.45, 2.75) is 0 Å². The van der Waals surface area contributed by atoms with Crippen molar-refractivity contribution in [2.75, 3.05) is 6.61 Å². The number of ether oxygens (including phenoxy) is 1. The predicted octanol–water partition coefficient (Wildman–Crippen LogP) is 2.56. The molecule has 2 aromatic carbocycles. The topological polar surface area (TPSA) is 29.5 Å². The van der Waals surface area contributed by atoms with E-state index in [9.17, 15) is 5.11 Å². The number of benzene rings is 2. The van der Waals surface area contributed by atoms with Gasteiger partial charge in [-0.15, -0.1) is 6.42 Å². The average molecular weight is 198 g/mol. The van der Waals surface area contributed by atoms with Crippen molar-refractivity contribution in [1.29, 1.82) is 0 Å². The number of aromatic hydroxyl groups is 1. The Morgan fingerprint density at radius 2 is 2.00 bits per heavy atom. The van der Waals surface area contributed by atoms with Crippen LogP contribution in [0.2, 0.25) is 0 Å². The summed E-state index contributed by atoms with van der Waals surface area (Å²) < 4.78 is 5.21. The summed E-state index contributed by atoms with van der Waals surface area (Å²) in [5.74, 6) is 2.92. The Labute approximate surface area is 88.1 Å². The van der Waals surface area contributed by atoms with E-state index >= 15 is 0 Å². The summed E-state index contributed by atoms with van der Waals surface area (Å²) in [4.78, 5) is 0. The number of hydrogen-bond acceptors (Lipinski definition) is 2. The van der Waals surface area contributed by atoms with Crippen LogP contribution in [-0.2, 0) is 0 Å². The molecule has 0 saturated heterocycles. The molecule has 15 heavy (non-hydrogen) atoms. The lowest BCUT2D eigenvalue weighted by molar-refractivity contribution is 0.344. The molecule has 0 unspecified atom stereocenters. The Balaban J connectivity index is 2.51. The van der Waals surface area contributed by atoms with E-state index in [1.54, 1.807) is 6.07 Å². The first-order valence-electron chi connectivity index (χ1n) is 4.60. The second kappa shape index (κ2) is 3.93. The molecule has 0 fully saturated rings. The fourth-order valence-corrected chi connectivity index (χ4v) is 1.47. The molecule has 0 spiro atoms. The maximum absolute atomic E-state index is 9.88. The third-order valence-corrected chi connectivity index (χ3v) is 2.17. The van der Waals surface area contributed by atoms with Crippen LogP contribution < -0.4 is 4.74 Å². The molecule has 0 saturated carbocycles. The van der Waals surface area contributed by atoms with Crippen LogP contribution in [0.15, 0.2) is 36.4 Å². The summed E-state index contributed by atoms with van der Waals surface area (Å²) in [7, 11) is 0. The van der Waals surface area contributed by atoms with Gasteiger partial charge in [-0.2, -0.15) is 0 Å². The fourth-order valence-electron chi connectivity index (χ4n) is 1.47. The van der Waals surface area contributed by atoms with E-state index in [1.807, 2.05) is 30.3 Å². The van der Waals surface area contributed by atoms with E-state index < -0.39 is 0 Å². The number of fused-ring (bicyclic) bond motifs is 1. The molecule has 0 amide bonds. The normalized spacial score (nSPS) is 9.80. The molecule has 2 nitrogen and oxygen atoms in total. The number of hydrogen-bond donors (Lipinski definition) is 1. The molecule has 74 valence electrons. The van der Waals surface area contributed by atoms with E-state index in [1.165, 1.54) is 0 Å². The molecular formula is C13H10O2. The van der Waals surface area contributed by atoms with Gasteiger partial charge < -0.3 is 9.84 Å². The van der Waals surface area contributed by atoms with Crippen LogP contribution in [0.1, 0.15) is 0 Å². The second-order valence-corrected chi connectivity index (χ2v) is 3.13. The number of phenols is 1. The molecule has 0 aliphatic heterocycles. The molecule has 0 aliphatic carbocycles. The van der Waals surface area contributed by atoms with E-state index in [2.05, 4.69) is 5.92 Å². The van der Waals surface area contributed by atoms with Crippen molar-refractivity contribution in [3.8, 4) is 23.8 Å². The van der Waals surface area contributed by atoms with E-state index in [-0.39, 0.29) is 12.4 Å². The third-order valence-electron chi connectivity index (χ3n) is 2.17. The van der Waals surface area contributed by atoms with Crippen molar-refractivity contribution >= 4 is 10.8 Å². The van der Waals surface area contributed by atoms with E-state index in [0.717, 1.165) is 10.8 Å². The Kier molecular flexibility index (Phi) is 2.47. The van der Waals surface area contributed by atoms with Crippen molar-refractivity contribution in [3.05, 3.63) is 36.4 Å². The second-order valence-electron chi connectivity index (χ2n) is 3.13. The Morgan fingerprint density at radius 3 is 2.80 bits per heavy atom. The lowest BCUT2D eigenvalue weighted by Gasteiger charge is -2.07. The SMILES string of the molecule is C#CCOc1ccc2ccccc2c1O. The first kappa shape index (κ1) is 9.42. The molecule has 1 N–H and O–H groups in total. The van der Waals surface area contributed by atoms with Gasteiger partial charge in [0.25, 0.3) is 0 Å². The first-order chi connectivity index (χ1) is 7.33. The smallest absolute Gasteiger partial charge is 0.165 e. The van der Waals surface area contributed by atoms with Gasteiger partial charge >= 0.3 is 0 Å². The molecule has 0 atom stereocenters. The zero-order valence-electron chi connectivity index (χ0n) is 8.10. The van der Waals surface area contributed by atoms with Crippen molar-refractivity contribution in [1.82, 2.24) is 0 Å². The Bertz CT molecular complexity index is 524. The molecule has 2 heteroatoms. The maximum Gasteiger partial charge on any atom is 0.165 e. The monoisotopic (exact) mass is 198 g/mol. The van der Waals surface area contributed by atoms with Crippen molar-refractivity contribution < 1.29 is 9.84 Å². The van der Waals surface area contributed by atoms with Gasteiger partial charge in [0, 0.05) is 5.39 Å². The first-order valence-corrected chi connectivity index (χ1v) is 4.60. The summed E-state index contributed by atoms with van der Waals surface area (Å²) in [6, 6.07) is 11.2. The highest BCUT2D eigenvalue weighted by atomic mass is 16.5. The average Bonchev–Trinajstić information content (AvgIpc) is 2.29. The minimum Gasteiger partial charge on any atom is -0.504 e. The van der Waals surface area contributed by atoms with Gasteiger partial charge in [-0.25, -0.2) is 0 Å². The van der Waals surface area contributed by atoms with Crippen LogP contribution in [0.5, 0.6) is 11.5 Å². The molecule has 0 bridgehead atoms. The van der Waals surface area contributed by atoms with Gasteiger partial charge in [0.15, 0.2) is 11.5 Å². The molecule has 0 heterocycles. The molecule has 2 rings (SSSR count). The van der Waals surface area contributed by atoms with Crippen LogP contribution >= 0.6 is 0 Å². The highest BCUT2D eigenvalue weighted by Gasteiger charge is 2.05. The molecule has 0 radical (unpaired) electrons. The highest BCUT2D eigenvalue weighted by molar-refractivity contribution is 5.90. The largest absolute Gasteiger partial charge is 0.504 e. The summed E-state index contributed by atoms with van der Waals surface area (Å²) in [6.45, 7) is 0.159. The van der Waals surface area contributed by atoms with Gasteiger partial charge in [-0.05, 0) is 11.5 Å². The van der Waals surface area contributed by atoms with Crippen molar-refractivity contribution in [3.63, 3.8) is 0 Å². The summed E-state index contributed by atoms with van der Waals surface area (Å²) in [6.07, 6.45) is 5.08. The highest BCUT2D eigenvalue weighted by Crippen LogP contribution is 2.33. The van der Waals surface area contributed by atoms with Crippen LogP contribution in [0.25, 0.3) is 10.8 Å². The summed E-state index contributed by atoms with van der Waals surface area (Å²) in [5, 5.41) is 11.6. The molecule has 2 aromatic rings. The van der Waals surface area contributed by atoms with Crippen molar-refractivity contribution in [2.24, 2.45) is 0 Å². The van der Waals surface area contributed by atoms with Crippen LogP contribution in [-0.4, -0.2) is 11.7 Å². The van der Waals surface area contributed by atoms with E-state index in [0.29, 0.717) is 5.75 Å². The number of phenolic OH excluding ortho intramolecular Hbond substituents is 1. The Morgan fingerprint density at radius 1 is 1.20 bits per heavy atom. The molecular weight excluding hydrogens is 188 g/mol. The maximum atomic E-state index is 9.88. The Hall–Kier alpha value is -2.14. The standard InChI is InChI=1S/C13H10O2/c1-2-9-15-12-8-7-10-5-3-4-6-11(10)13(12)14/h1,3-8,14H,9H2. The molecule has 0 aromatic heterocycles. The quantitative estimate of drug-likeness (QED) is 0.751. The number of rotatable bonds is 2.